The fraction of sp³-hybridized carbons (Fsp3) is 0.483. The first-order chi connectivity index (χ1) is 17.6. The normalized spacial score (nSPS) is 28.4. The summed E-state index contributed by atoms with van der Waals surface area (Å²) in [6, 6.07) is 19.3. The number of rotatable bonds is 7. The number of nitrogens with zero attached hydrogens (tertiary/aromatic N) is 2. The maximum absolute atomic E-state index is 12.8. The van der Waals surface area contributed by atoms with E-state index in [9.17, 15) is 4.79 Å². The lowest BCUT2D eigenvalue weighted by Crippen LogP contribution is -2.56. The molecular formula is C29H39N5O2. The van der Waals surface area contributed by atoms with Crippen molar-refractivity contribution in [2.24, 2.45) is 11.8 Å². The van der Waals surface area contributed by atoms with Gasteiger partial charge in [-0.1, -0.05) is 36.4 Å². The number of hydrogen-bond donors (Lipinski definition) is 3. The van der Waals surface area contributed by atoms with Gasteiger partial charge in [0, 0.05) is 50.4 Å². The van der Waals surface area contributed by atoms with Crippen molar-refractivity contribution in [3.05, 3.63) is 72.3 Å². The third-order valence-electron chi connectivity index (χ3n) is 7.74. The van der Waals surface area contributed by atoms with Crippen LogP contribution in [0.2, 0.25) is 0 Å². The van der Waals surface area contributed by atoms with Crippen molar-refractivity contribution in [1.29, 1.82) is 0 Å². The van der Waals surface area contributed by atoms with Gasteiger partial charge in [-0.15, -0.1) is 0 Å². The maximum atomic E-state index is 12.8. The summed E-state index contributed by atoms with van der Waals surface area (Å²) < 4.78 is 6.00. The van der Waals surface area contributed by atoms with Gasteiger partial charge in [0.2, 0.25) is 5.91 Å². The number of likely N-dealkylation sites (tertiary alicyclic amines) is 1. The second kappa shape index (κ2) is 11.6. The number of amides is 1. The molecular weight excluding hydrogens is 450 g/mol. The Kier molecular flexibility index (Phi) is 8.02. The smallest absolute Gasteiger partial charge is 0.246 e. The lowest BCUT2D eigenvalue weighted by atomic mass is 9.76. The average molecular weight is 490 g/mol. The minimum atomic E-state index is 0.144. The van der Waals surface area contributed by atoms with Crippen molar-refractivity contribution in [3.8, 4) is 11.5 Å². The Labute approximate surface area is 214 Å². The molecule has 0 bridgehead atoms. The Morgan fingerprint density at radius 1 is 1.08 bits per heavy atom. The highest BCUT2D eigenvalue weighted by atomic mass is 16.5. The zero-order chi connectivity index (χ0) is 24.9. The Hall–Kier alpha value is -2.71. The largest absolute Gasteiger partial charge is 0.457 e. The Morgan fingerprint density at radius 3 is 2.64 bits per heavy atom. The van der Waals surface area contributed by atoms with Gasteiger partial charge in [0.05, 0.1) is 0 Å². The third kappa shape index (κ3) is 5.98. The van der Waals surface area contributed by atoms with E-state index in [1.165, 1.54) is 5.56 Å². The molecule has 0 saturated carbocycles. The zero-order valence-electron chi connectivity index (χ0n) is 21.4. The quantitative estimate of drug-likeness (QED) is 0.519. The monoisotopic (exact) mass is 489 g/mol. The van der Waals surface area contributed by atoms with Gasteiger partial charge in [-0.05, 0) is 75.0 Å². The average Bonchev–Trinajstić information content (AvgIpc) is 3.38. The van der Waals surface area contributed by atoms with Crippen molar-refractivity contribution in [2.75, 3.05) is 40.3 Å². The molecule has 192 valence electrons. The molecule has 5 rings (SSSR count). The van der Waals surface area contributed by atoms with Crippen molar-refractivity contribution in [1.82, 2.24) is 26.0 Å². The van der Waals surface area contributed by atoms with E-state index in [1.54, 1.807) is 6.08 Å². The van der Waals surface area contributed by atoms with Crippen LogP contribution in [-0.4, -0.2) is 68.1 Å². The molecule has 5 unspecified atom stereocenters. The second-order valence-electron chi connectivity index (χ2n) is 10.6. The van der Waals surface area contributed by atoms with Crippen molar-refractivity contribution in [2.45, 2.75) is 37.4 Å². The summed E-state index contributed by atoms with van der Waals surface area (Å²) in [5.41, 5.74) is 8.19. The molecule has 0 aromatic heterocycles. The molecule has 5 atom stereocenters. The van der Waals surface area contributed by atoms with Gasteiger partial charge in [0.25, 0.3) is 0 Å². The predicted octanol–water partition coefficient (Wildman–Crippen LogP) is 3.33. The molecule has 0 radical (unpaired) electrons. The van der Waals surface area contributed by atoms with Crippen LogP contribution in [-0.2, 0) is 4.79 Å². The molecule has 0 aliphatic carbocycles. The number of likely N-dealkylation sites (N-methyl/N-ethyl adjacent to an activating group) is 1. The topological polar surface area (TPSA) is 68.9 Å². The van der Waals surface area contributed by atoms with Gasteiger partial charge in [-0.2, -0.15) is 0 Å². The number of ether oxygens (including phenoxy) is 1. The highest BCUT2D eigenvalue weighted by Crippen LogP contribution is 2.37. The van der Waals surface area contributed by atoms with Crippen LogP contribution in [0.4, 0.5) is 0 Å². The minimum absolute atomic E-state index is 0.144. The van der Waals surface area contributed by atoms with Crippen LogP contribution in [0.15, 0.2) is 66.7 Å². The van der Waals surface area contributed by atoms with Gasteiger partial charge < -0.3 is 19.9 Å². The van der Waals surface area contributed by atoms with E-state index in [1.807, 2.05) is 55.4 Å². The summed E-state index contributed by atoms with van der Waals surface area (Å²) >= 11 is 0. The molecule has 0 spiro atoms. The molecule has 7 heteroatoms. The van der Waals surface area contributed by atoms with E-state index in [0.717, 1.165) is 56.9 Å². The predicted molar refractivity (Wildman–Crippen MR) is 143 cm³/mol. The van der Waals surface area contributed by atoms with Gasteiger partial charge in [0.15, 0.2) is 0 Å². The molecule has 1 amide bonds. The molecule has 3 N–H and O–H groups in total. The molecule has 36 heavy (non-hydrogen) atoms. The number of fused-ring (bicyclic) bond motifs is 1. The van der Waals surface area contributed by atoms with Crippen LogP contribution in [0.3, 0.4) is 0 Å². The number of para-hydroxylation sites is 1. The lowest BCUT2D eigenvalue weighted by Gasteiger charge is -2.45. The van der Waals surface area contributed by atoms with Crippen molar-refractivity contribution in [3.63, 3.8) is 0 Å². The molecule has 3 aliphatic rings. The summed E-state index contributed by atoms with van der Waals surface area (Å²) in [5, 5.41) is 3.99. The van der Waals surface area contributed by atoms with Crippen LogP contribution < -0.4 is 20.9 Å². The van der Waals surface area contributed by atoms with E-state index in [-0.39, 0.29) is 11.9 Å². The van der Waals surface area contributed by atoms with E-state index in [2.05, 4.69) is 45.3 Å². The Morgan fingerprint density at radius 2 is 1.86 bits per heavy atom. The number of nitrogens with one attached hydrogen (secondary N) is 3. The summed E-state index contributed by atoms with van der Waals surface area (Å²) in [4.78, 5) is 16.9. The first-order valence-electron chi connectivity index (χ1n) is 13.2. The van der Waals surface area contributed by atoms with E-state index >= 15 is 0 Å². The van der Waals surface area contributed by atoms with Crippen LogP contribution in [0.25, 0.3) is 0 Å². The molecule has 3 heterocycles. The highest BCUT2D eigenvalue weighted by molar-refractivity contribution is 5.87. The molecule has 3 saturated heterocycles. The lowest BCUT2D eigenvalue weighted by molar-refractivity contribution is -0.128. The van der Waals surface area contributed by atoms with Gasteiger partial charge in [0.1, 0.15) is 11.5 Å². The third-order valence-corrected chi connectivity index (χ3v) is 7.74. The van der Waals surface area contributed by atoms with Gasteiger partial charge in [-0.25, -0.2) is 0 Å². The number of carbonyl (C=O) groups is 1. The Balaban J connectivity index is 1.26. The standard InChI is InChI=1S/C29H39N5O2/c1-33(2)16-7-11-27(35)34-17-6-8-22(20-34)26-18-23-19-30-32-29(23)28(31-26)21-12-14-25(15-13-21)36-24-9-4-3-5-10-24/h3-5,7,9-15,22-23,26,28-32H,6,8,16-20H2,1-2H3/b11-7+. The molecule has 7 nitrogen and oxygen atoms in total. The molecule has 2 aromatic rings. The van der Waals surface area contributed by atoms with Crippen LogP contribution in [0.5, 0.6) is 11.5 Å². The SMILES string of the molecule is CN(C)C/C=C/C(=O)N1CCCC(C2CC3CNNC3C(c3ccc(Oc4ccccc4)cc3)N2)C1. The number of hydrazine groups is 1. The van der Waals surface area contributed by atoms with Crippen LogP contribution >= 0.6 is 0 Å². The summed E-state index contributed by atoms with van der Waals surface area (Å²) in [6.45, 7) is 3.46. The number of benzene rings is 2. The number of piperidine rings is 2. The number of hydrogen-bond acceptors (Lipinski definition) is 6. The molecule has 3 fully saturated rings. The van der Waals surface area contributed by atoms with Gasteiger partial charge >= 0.3 is 0 Å². The molecule has 2 aromatic carbocycles. The zero-order valence-corrected chi connectivity index (χ0v) is 21.4. The second-order valence-corrected chi connectivity index (χ2v) is 10.6. The first-order valence-corrected chi connectivity index (χ1v) is 13.2. The van der Waals surface area contributed by atoms with Crippen LogP contribution in [0, 0.1) is 11.8 Å². The molecule has 3 aliphatic heterocycles. The fourth-order valence-corrected chi connectivity index (χ4v) is 5.87. The maximum Gasteiger partial charge on any atom is 0.246 e. The van der Waals surface area contributed by atoms with Gasteiger partial charge in [-0.3, -0.25) is 15.6 Å². The highest BCUT2D eigenvalue weighted by Gasteiger charge is 2.43. The number of carbonyl (C=O) groups excluding carboxylic acids is 1. The first kappa shape index (κ1) is 25.0. The van der Waals surface area contributed by atoms with E-state index < -0.39 is 0 Å². The van der Waals surface area contributed by atoms with Crippen LogP contribution in [0.1, 0.15) is 30.9 Å². The van der Waals surface area contributed by atoms with Crippen molar-refractivity contribution >= 4 is 5.91 Å². The summed E-state index contributed by atoms with van der Waals surface area (Å²) in [7, 11) is 4.03. The summed E-state index contributed by atoms with van der Waals surface area (Å²) in [5.74, 6) is 2.86. The Bertz CT molecular complexity index is 1030. The fourth-order valence-electron chi connectivity index (χ4n) is 5.87. The minimum Gasteiger partial charge on any atom is -0.457 e. The van der Waals surface area contributed by atoms with E-state index in [4.69, 9.17) is 4.74 Å². The van der Waals surface area contributed by atoms with E-state index in [0.29, 0.717) is 23.9 Å². The summed E-state index contributed by atoms with van der Waals surface area (Å²) in [6.07, 6.45) is 7.07. The van der Waals surface area contributed by atoms with Crippen molar-refractivity contribution < 1.29 is 9.53 Å².